The molecule has 1 saturated heterocycles. The SMILES string of the molecule is CCN1C(=O)C(CC(=O)Nc2cc(C)cc(C)c2)SC1=Nc1ccc(Cl)cn1. The molecule has 146 valence electrons. The van der Waals surface area contributed by atoms with Crippen LogP contribution in [0.1, 0.15) is 24.5 Å². The van der Waals surface area contributed by atoms with Crippen LogP contribution in [0, 0.1) is 13.8 Å². The molecule has 3 rings (SSSR count). The Morgan fingerprint density at radius 2 is 2.00 bits per heavy atom. The van der Waals surface area contributed by atoms with Gasteiger partial charge in [-0.15, -0.1) is 0 Å². The minimum absolute atomic E-state index is 0.0834. The first-order chi connectivity index (χ1) is 13.4. The van der Waals surface area contributed by atoms with Crippen LogP contribution in [-0.2, 0) is 9.59 Å². The van der Waals surface area contributed by atoms with Crippen molar-refractivity contribution < 1.29 is 9.59 Å². The minimum atomic E-state index is -0.503. The van der Waals surface area contributed by atoms with E-state index in [2.05, 4.69) is 15.3 Å². The van der Waals surface area contributed by atoms with Crippen LogP contribution in [0.5, 0.6) is 0 Å². The first-order valence-corrected chi connectivity index (χ1v) is 10.2. The maximum atomic E-state index is 12.7. The normalized spacial score (nSPS) is 18.0. The number of rotatable bonds is 5. The third kappa shape index (κ3) is 4.91. The van der Waals surface area contributed by atoms with Crippen LogP contribution in [0.15, 0.2) is 41.5 Å². The summed E-state index contributed by atoms with van der Waals surface area (Å²) >= 11 is 7.14. The third-order valence-electron chi connectivity index (χ3n) is 4.13. The van der Waals surface area contributed by atoms with Gasteiger partial charge in [-0.05, 0) is 56.2 Å². The van der Waals surface area contributed by atoms with Gasteiger partial charge in [-0.1, -0.05) is 29.4 Å². The highest BCUT2D eigenvalue weighted by molar-refractivity contribution is 8.15. The van der Waals surface area contributed by atoms with Gasteiger partial charge >= 0.3 is 0 Å². The molecule has 0 spiro atoms. The molecule has 0 aliphatic carbocycles. The summed E-state index contributed by atoms with van der Waals surface area (Å²) in [6, 6.07) is 9.24. The number of halogens is 1. The van der Waals surface area contributed by atoms with Gasteiger partial charge in [-0.2, -0.15) is 0 Å². The van der Waals surface area contributed by atoms with Crippen molar-refractivity contribution in [2.45, 2.75) is 32.4 Å². The van der Waals surface area contributed by atoms with Crippen LogP contribution in [-0.4, -0.2) is 38.7 Å². The number of carbonyl (C=O) groups is 2. The minimum Gasteiger partial charge on any atom is -0.326 e. The zero-order valence-corrected chi connectivity index (χ0v) is 17.5. The molecule has 1 aliphatic heterocycles. The van der Waals surface area contributed by atoms with Crippen LogP contribution >= 0.6 is 23.4 Å². The van der Waals surface area contributed by atoms with E-state index in [1.54, 1.807) is 17.0 Å². The number of hydrogen-bond donors (Lipinski definition) is 1. The summed E-state index contributed by atoms with van der Waals surface area (Å²) in [6.45, 7) is 6.31. The molecular weight excluding hydrogens is 396 g/mol. The number of aliphatic imine (C=N–C) groups is 1. The van der Waals surface area contributed by atoms with Crippen molar-refractivity contribution in [1.82, 2.24) is 9.88 Å². The highest BCUT2D eigenvalue weighted by Gasteiger charge is 2.38. The molecule has 1 aromatic carbocycles. The summed E-state index contributed by atoms with van der Waals surface area (Å²) in [4.78, 5) is 35.3. The van der Waals surface area contributed by atoms with Crippen molar-refractivity contribution in [2.24, 2.45) is 4.99 Å². The Bertz CT molecular complexity index is 910. The fourth-order valence-corrected chi connectivity index (χ4v) is 4.30. The summed E-state index contributed by atoms with van der Waals surface area (Å²) in [5, 5.41) is 3.45. The Morgan fingerprint density at radius 3 is 2.61 bits per heavy atom. The summed E-state index contributed by atoms with van der Waals surface area (Å²) < 4.78 is 0. The monoisotopic (exact) mass is 416 g/mol. The Morgan fingerprint density at radius 1 is 1.29 bits per heavy atom. The van der Waals surface area contributed by atoms with Crippen LogP contribution in [0.3, 0.4) is 0 Å². The maximum absolute atomic E-state index is 12.7. The number of amides is 2. The lowest BCUT2D eigenvalue weighted by atomic mass is 10.1. The van der Waals surface area contributed by atoms with Crippen molar-refractivity contribution in [2.75, 3.05) is 11.9 Å². The lowest BCUT2D eigenvalue weighted by molar-refractivity contribution is -0.128. The number of aryl methyl sites for hydroxylation is 2. The van der Waals surface area contributed by atoms with Crippen LogP contribution < -0.4 is 5.32 Å². The predicted molar refractivity (Wildman–Crippen MR) is 114 cm³/mol. The molecule has 1 fully saturated rings. The highest BCUT2D eigenvalue weighted by atomic mass is 35.5. The van der Waals surface area contributed by atoms with Gasteiger partial charge < -0.3 is 5.32 Å². The smallest absolute Gasteiger partial charge is 0.242 e. The zero-order valence-electron chi connectivity index (χ0n) is 15.9. The molecule has 1 atom stereocenters. The second kappa shape index (κ2) is 8.75. The van der Waals surface area contributed by atoms with E-state index in [9.17, 15) is 9.59 Å². The summed E-state index contributed by atoms with van der Waals surface area (Å²) in [5.74, 6) is 0.159. The molecule has 0 bridgehead atoms. The topological polar surface area (TPSA) is 74.7 Å². The van der Waals surface area contributed by atoms with E-state index in [0.29, 0.717) is 22.6 Å². The molecule has 1 aromatic heterocycles. The lowest BCUT2D eigenvalue weighted by Crippen LogP contribution is -2.33. The first-order valence-electron chi connectivity index (χ1n) is 8.92. The largest absolute Gasteiger partial charge is 0.326 e. The van der Waals surface area contributed by atoms with Gasteiger partial charge in [0.25, 0.3) is 0 Å². The number of amidine groups is 1. The molecule has 2 heterocycles. The number of anilines is 1. The number of nitrogens with one attached hydrogen (secondary N) is 1. The third-order valence-corrected chi connectivity index (χ3v) is 5.53. The van der Waals surface area contributed by atoms with Crippen molar-refractivity contribution in [3.8, 4) is 0 Å². The van der Waals surface area contributed by atoms with Crippen LogP contribution in [0.2, 0.25) is 5.02 Å². The number of aromatic nitrogens is 1. The molecule has 1 unspecified atom stereocenters. The zero-order chi connectivity index (χ0) is 20.3. The summed E-state index contributed by atoms with van der Waals surface area (Å²) in [6.07, 6.45) is 1.59. The number of nitrogens with zero attached hydrogens (tertiary/aromatic N) is 3. The van der Waals surface area contributed by atoms with Gasteiger partial charge in [0.15, 0.2) is 11.0 Å². The Hall–Kier alpha value is -2.38. The van der Waals surface area contributed by atoms with Crippen molar-refractivity contribution in [3.63, 3.8) is 0 Å². The van der Waals surface area contributed by atoms with Crippen molar-refractivity contribution in [3.05, 3.63) is 52.7 Å². The number of pyridine rings is 1. The fourth-order valence-electron chi connectivity index (χ4n) is 2.98. The van der Waals surface area contributed by atoms with E-state index in [1.807, 2.05) is 39.0 Å². The Balaban J connectivity index is 1.71. The Labute approximate surface area is 173 Å². The average molecular weight is 417 g/mol. The molecular formula is C20H21ClN4O2S. The molecule has 2 aromatic rings. The summed E-state index contributed by atoms with van der Waals surface area (Å²) in [5.41, 5.74) is 2.89. The van der Waals surface area contributed by atoms with E-state index in [-0.39, 0.29) is 18.2 Å². The van der Waals surface area contributed by atoms with Crippen LogP contribution in [0.4, 0.5) is 11.5 Å². The second-order valence-corrected chi connectivity index (χ2v) is 8.15. The Kier molecular flexibility index (Phi) is 6.36. The molecule has 0 saturated carbocycles. The van der Waals surface area contributed by atoms with Gasteiger partial charge in [-0.3, -0.25) is 14.5 Å². The van der Waals surface area contributed by atoms with Gasteiger partial charge in [0.1, 0.15) is 5.25 Å². The standard InChI is InChI=1S/C20H21ClN4O2S/c1-4-25-19(27)16(28-20(25)24-17-6-5-14(21)11-22-17)10-18(26)23-15-8-12(2)7-13(3)9-15/h5-9,11,16H,4,10H2,1-3H3,(H,23,26). The molecule has 28 heavy (non-hydrogen) atoms. The van der Waals surface area contributed by atoms with E-state index in [0.717, 1.165) is 16.8 Å². The number of hydrogen-bond acceptors (Lipinski definition) is 5. The van der Waals surface area contributed by atoms with Gasteiger partial charge in [-0.25, -0.2) is 9.98 Å². The van der Waals surface area contributed by atoms with Gasteiger partial charge in [0, 0.05) is 24.8 Å². The second-order valence-electron chi connectivity index (χ2n) is 6.55. The van der Waals surface area contributed by atoms with E-state index in [1.165, 1.54) is 18.0 Å². The maximum Gasteiger partial charge on any atom is 0.242 e. The highest BCUT2D eigenvalue weighted by Crippen LogP contribution is 2.31. The molecule has 0 radical (unpaired) electrons. The fraction of sp³-hybridized carbons (Fsp3) is 0.300. The van der Waals surface area contributed by atoms with Gasteiger partial charge in [0.05, 0.1) is 5.02 Å². The first kappa shape index (κ1) is 20.4. The van der Waals surface area contributed by atoms with E-state index < -0.39 is 5.25 Å². The number of benzene rings is 1. The van der Waals surface area contributed by atoms with Gasteiger partial charge in [0.2, 0.25) is 11.8 Å². The quantitative estimate of drug-likeness (QED) is 0.787. The average Bonchev–Trinajstić information content (AvgIpc) is 2.90. The summed E-state index contributed by atoms with van der Waals surface area (Å²) in [7, 11) is 0. The van der Waals surface area contributed by atoms with Crippen LogP contribution in [0.25, 0.3) is 0 Å². The lowest BCUT2D eigenvalue weighted by Gasteiger charge is -2.13. The molecule has 8 heteroatoms. The predicted octanol–water partition coefficient (Wildman–Crippen LogP) is 4.33. The van der Waals surface area contributed by atoms with Crippen molar-refractivity contribution in [1.29, 1.82) is 0 Å². The van der Waals surface area contributed by atoms with Crippen molar-refractivity contribution >= 4 is 51.9 Å². The molecule has 2 amide bonds. The number of thioether (sulfide) groups is 1. The molecule has 1 aliphatic rings. The number of carbonyl (C=O) groups excluding carboxylic acids is 2. The molecule has 6 nitrogen and oxygen atoms in total. The molecule has 1 N–H and O–H groups in total. The van der Waals surface area contributed by atoms with E-state index >= 15 is 0 Å². The van der Waals surface area contributed by atoms with E-state index in [4.69, 9.17) is 11.6 Å².